The maximum Gasteiger partial charge on any atom is 0.150 e. The summed E-state index contributed by atoms with van der Waals surface area (Å²) in [5, 5.41) is 0. The molecule has 1 aromatic carbocycles. The van der Waals surface area contributed by atoms with Crippen molar-refractivity contribution in [1.82, 2.24) is 0 Å². The van der Waals surface area contributed by atoms with Crippen LogP contribution in [-0.4, -0.2) is 33.1 Å². The largest absolute Gasteiger partial charge is 0.384 e. The predicted molar refractivity (Wildman–Crippen MR) is 64.0 cm³/mol. The monoisotopic (exact) mass is 237 g/mol. The molecule has 1 fully saturated rings. The molecule has 3 nitrogen and oxygen atoms in total. The van der Waals surface area contributed by atoms with Crippen molar-refractivity contribution in [3.05, 3.63) is 29.6 Å². The van der Waals surface area contributed by atoms with E-state index in [1.54, 1.807) is 19.2 Å². The molecule has 1 aliphatic rings. The number of aldehydes is 1. The first-order chi connectivity index (χ1) is 8.24. The predicted octanol–water partition coefficient (Wildman–Crippen LogP) is 2.11. The summed E-state index contributed by atoms with van der Waals surface area (Å²) in [5.74, 6) is 0.137. The van der Waals surface area contributed by atoms with E-state index >= 15 is 0 Å². The summed E-state index contributed by atoms with van der Waals surface area (Å²) in [5.41, 5.74) is 0.952. The van der Waals surface area contributed by atoms with Crippen molar-refractivity contribution in [2.75, 3.05) is 31.7 Å². The van der Waals surface area contributed by atoms with Gasteiger partial charge in [-0.1, -0.05) is 0 Å². The number of rotatable bonds is 4. The summed E-state index contributed by atoms with van der Waals surface area (Å²) >= 11 is 0. The Bertz CT molecular complexity index is 408. The van der Waals surface area contributed by atoms with Crippen LogP contribution in [0, 0.1) is 11.7 Å². The highest BCUT2D eigenvalue weighted by atomic mass is 19.1. The molecular weight excluding hydrogens is 221 g/mol. The van der Waals surface area contributed by atoms with Gasteiger partial charge in [0.25, 0.3) is 0 Å². The Morgan fingerprint density at radius 2 is 2.41 bits per heavy atom. The van der Waals surface area contributed by atoms with Crippen molar-refractivity contribution in [1.29, 1.82) is 0 Å². The van der Waals surface area contributed by atoms with Crippen LogP contribution in [0.3, 0.4) is 0 Å². The highest BCUT2D eigenvalue weighted by Crippen LogP contribution is 2.26. The van der Waals surface area contributed by atoms with E-state index in [1.165, 1.54) is 6.07 Å². The molecule has 0 amide bonds. The topological polar surface area (TPSA) is 29.5 Å². The number of hydrogen-bond acceptors (Lipinski definition) is 3. The second-order valence-corrected chi connectivity index (χ2v) is 4.38. The summed E-state index contributed by atoms with van der Waals surface area (Å²) in [4.78, 5) is 12.5. The number of nitrogens with zero attached hydrogens (tertiary/aromatic N) is 1. The molecule has 2 rings (SSSR count). The number of ether oxygens (including phenoxy) is 1. The van der Waals surface area contributed by atoms with Gasteiger partial charge in [-0.3, -0.25) is 4.79 Å². The minimum Gasteiger partial charge on any atom is -0.384 e. The van der Waals surface area contributed by atoms with E-state index in [0.717, 1.165) is 19.5 Å². The van der Waals surface area contributed by atoms with Crippen LogP contribution in [0.4, 0.5) is 10.1 Å². The number of carbonyl (C=O) groups excluding carboxylic acids is 1. The molecule has 1 heterocycles. The molecule has 0 radical (unpaired) electrons. The van der Waals surface area contributed by atoms with Crippen LogP contribution < -0.4 is 4.90 Å². The van der Waals surface area contributed by atoms with Crippen molar-refractivity contribution < 1.29 is 13.9 Å². The zero-order valence-corrected chi connectivity index (χ0v) is 9.86. The van der Waals surface area contributed by atoms with E-state index in [-0.39, 0.29) is 5.82 Å². The number of methoxy groups -OCH3 is 1. The average Bonchev–Trinajstić information content (AvgIpc) is 2.78. The highest BCUT2D eigenvalue weighted by Gasteiger charge is 2.24. The highest BCUT2D eigenvalue weighted by molar-refractivity contribution is 5.76. The zero-order chi connectivity index (χ0) is 12.3. The molecule has 0 aliphatic carbocycles. The van der Waals surface area contributed by atoms with Gasteiger partial charge in [-0.2, -0.15) is 0 Å². The van der Waals surface area contributed by atoms with Crippen LogP contribution in [0.5, 0.6) is 0 Å². The smallest absolute Gasteiger partial charge is 0.150 e. The summed E-state index contributed by atoms with van der Waals surface area (Å²) in [6.45, 7) is 2.36. The van der Waals surface area contributed by atoms with Crippen LogP contribution in [0.1, 0.15) is 16.8 Å². The third-order valence-corrected chi connectivity index (χ3v) is 3.14. The number of benzene rings is 1. The molecule has 0 saturated carbocycles. The van der Waals surface area contributed by atoms with Crippen molar-refractivity contribution >= 4 is 12.0 Å². The molecular formula is C13H16FNO2. The molecule has 0 aromatic heterocycles. The summed E-state index contributed by atoms with van der Waals surface area (Å²) in [7, 11) is 1.68. The molecule has 1 atom stereocenters. The van der Waals surface area contributed by atoms with E-state index < -0.39 is 0 Å². The standard InChI is InChI=1S/C13H16FNO2/c1-17-9-11-4-5-15(7-11)13-3-2-10(8-16)6-12(13)14/h2-3,6,8,11H,4-5,7,9H2,1H3. The lowest BCUT2D eigenvalue weighted by molar-refractivity contribution is 0.112. The average molecular weight is 237 g/mol. The Balaban J connectivity index is 2.10. The molecule has 0 N–H and O–H groups in total. The van der Waals surface area contributed by atoms with E-state index in [0.29, 0.717) is 30.1 Å². The van der Waals surface area contributed by atoms with E-state index in [9.17, 15) is 9.18 Å². The number of anilines is 1. The molecule has 0 spiro atoms. The number of carbonyl (C=O) groups is 1. The fourth-order valence-corrected chi connectivity index (χ4v) is 2.28. The van der Waals surface area contributed by atoms with Gasteiger partial charge in [0.15, 0.2) is 0 Å². The first-order valence-electron chi connectivity index (χ1n) is 5.73. The molecule has 92 valence electrons. The Labute approximate surface area is 100 Å². The number of halogens is 1. The van der Waals surface area contributed by atoms with Crippen molar-refractivity contribution in [3.8, 4) is 0 Å². The van der Waals surface area contributed by atoms with Crippen LogP contribution >= 0.6 is 0 Å². The second-order valence-electron chi connectivity index (χ2n) is 4.38. The Hall–Kier alpha value is -1.42. The van der Waals surface area contributed by atoms with Gasteiger partial charge in [0.05, 0.1) is 12.3 Å². The SMILES string of the molecule is COCC1CCN(c2ccc(C=O)cc2F)C1. The fourth-order valence-electron chi connectivity index (χ4n) is 2.28. The van der Waals surface area contributed by atoms with Crippen molar-refractivity contribution in [3.63, 3.8) is 0 Å². The van der Waals surface area contributed by atoms with Gasteiger partial charge in [0.1, 0.15) is 12.1 Å². The molecule has 0 bridgehead atoms. The molecule has 1 aliphatic heterocycles. The lowest BCUT2D eigenvalue weighted by atomic mass is 10.1. The van der Waals surface area contributed by atoms with Gasteiger partial charge in [-0.05, 0) is 24.6 Å². The first-order valence-corrected chi connectivity index (χ1v) is 5.73. The van der Waals surface area contributed by atoms with Crippen molar-refractivity contribution in [2.45, 2.75) is 6.42 Å². The first kappa shape index (κ1) is 12.0. The van der Waals surface area contributed by atoms with Gasteiger partial charge in [0.2, 0.25) is 0 Å². The molecule has 4 heteroatoms. The van der Waals surface area contributed by atoms with E-state index in [1.807, 2.05) is 4.90 Å². The lowest BCUT2D eigenvalue weighted by Crippen LogP contribution is -2.22. The van der Waals surface area contributed by atoms with E-state index in [4.69, 9.17) is 4.74 Å². The third-order valence-electron chi connectivity index (χ3n) is 3.14. The van der Waals surface area contributed by atoms with Crippen LogP contribution in [0.25, 0.3) is 0 Å². The summed E-state index contributed by atoms with van der Waals surface area (Å²) in [6, 6.07) is 4.61. The Morgan fingerprint density at radius 3 is 3.06 bits per heavy atom. The summed E-state index contributed by atoms with van der Waals surface area (Å²) in [6.07, 6.45) is 1.67. The fraction of sp³-hybridized carbons (Fsp3) is 0.462. The zero-order valence-electron chi connectivity index (χ0n) is 9.86. The normalized spacial score (nSPS) is 19.6. The molecule has 1 unspecified atom stereocenters. The van der Waals surface area contributed by atoms with Crippen LogP contribution in [0.15, 0.2) is 18.2 Å². The molecule has 17 heavy (non-hydrogen) atoms. The summed E-state index contributed by atoms with van der Waals surface area (Å²) < 4.78 is 18.9. The minimum absolute atomic E-state index is 0.326. The maximum atomic E-state index is 13.8. The van der Waals surface area contributed by atoms with Gasteiger partial charge >= 0.3 is 0 Å². The van der Waals surface area contributed by atoms with Crippen LogP contribution in [-0.2, 0) is 4.74 Å². The Kier molecular flexibility index (Phi) is 3.74. The lowest BCUT2D eigenvalue weighted by Gasteiger charge is -2.19. The maximum absolute atomic E-state index is 13.8. The third kappa shape index (κ3) is 2.64. The van der Waals surface area contributed by atoms with Crippen molar-refractivity contribution in [2.24, 2.45) is 5.92 Å². The van der Waals surface area contributed by atoms with Gasteiger partial charge in [-0.15, -0.1) is 0 Å². The van der Waals surface area contributed by atoms with E-state index in [2.05, 4.69) is 0 Å². The Morgan fingerprint density at radius 1 is 1.59 bits per heavy atom. The second kappa shape index (κ2) is 5.27. The minimum atomic E-state index is -0.326. The molecule has 1 saturated heterocycles. The number of hydrogen-bond donors (Lipinski definition) is 0. The van der Waals surface area contributed by atoms with Crippen LogP contribution in [0.2, 0.25) is 0 Å². The van der Waals surface area contributed by atoms with Gasteiger partial charge in [-0.25, -0.2) is 4.39 Å². The molecule has 1 aromatic rings. The van der Waals surface area contributed by atoms with Gasteiger partial charge in [0, 0.05) is 31.7 Å². The quantitative estimate of drug-likeness (QED) is 0.751. The van der Waals surface area contributed by atoms with Gasteiger partial charge < -0.3 is 9.64 Å².